The van der Waals surface area contributed by atoms with Crippen molar-refractivity contribution in [1.29, 1.82) is 0 Å². The fraction of sp³-hybridized carbons (Fsp3) is 0.364. The van der Waals surface area contributed by atoms with E-state index in [0.29, 0.717) is 0 Å². The summed E-state index contributed by atoms with van der Waals surface area (Å²) >= 11 is 0. The zero-order valence-corrected chi connectivity index (χ0v) is 11.0. The van der Waals surface area contributed by atoms with Crippen molar-refractivity contribution in [1.82, 2.24) is 5.48 Å². The van der Waals surface area contributed by atoms with Gasteiger partial charge in [-0.25, -0.2) is 14.4 Å². The third-order valence-electron chi connectivity index (χ3n) is 1.27. The molecule has 1 amide bonds. The lowest BCUT2D eigenvalue weighted by Gasteiger charge is -2.04. The second kappa shape index (κ2) is 10.6. The molecule has 0 aromatic rings. The molecule has 108 valence electrons. The molecule has 0 aromatic heterocycles. The number of rotatable bonds is 3. The summed E-state index contributed by atoms with van der Waals surface area (Å²) in [6.07, 6.45) is -0.799. The van der Waals surface area contributed by atoms with Gasteiger partial charge in [-0.15, -0.1) is 5.48 Å². The molecule has 0 spiro atoms. The molecule has 0 aliphatic carbocycles. The predicted molar refractivity (Wildman–Crippen MR) is 64.8 cm³/mol. The third-order valence-corrected chi connectivity index (χ3v) is 1.27. The van der Waals surface area contributed by atoms with E-state index in [1.54, 1.807) is 12.4 Å². The van der Waals surface area contributed by atoms with Crippen molar-refractivity contribution in [2.24, 2.45) is 0 Å². The first-order valence-electron chi connectivity index (χ1n) is 5.01. The maximum atomic E-state index is 10.7. The smallest absolute Gasteiger partial charge is 0.440 e. The lowest BCUT2D eigenvalue weighted by Crippen LogP contribution is -2.27. The van der Waals surface area contributed by atoms with Crippen molar-refractivity contribution in [2.45, 2.75) is 13.8 Å². The van der Waals surface area contributed by atoms with Crippen LogP contribution in [0.4, 0.5) is 4.79 Å². The zero-order valence-electron chi connectivity index (χ0n) is 11.0. The Morgan fingerprint density at radius 3 is 2.00 bits per heavy atom. The Morgan fingerprint density at radius 2 is 1.74 bits per heavy atom. The molecule has 0 radical (unpaired) electrons. The summed E-state index contributed by atoms with van der Waals surface area (Å²) < 4.78 is 8.44. The molecule has 2 N–H and O–H groups in total. The molecule has 0 atom stereocenters. The number of carbonyl (C=O) groups is 3. The minimum Gasteiger partial charge on any atom is -0.502 e. The highest BCUT2D eigenvalue weighted by Gasteiger charge is 2.06. The molecule has 0 unspecified atom stereocenters. The van der Waals surface area contributed by atoms with Crippen LogP contribution in [-0.4, -0.2) is 36.9 Å². The predicted octanol–water partition coefficient (Wildman–Crippen LogP) is 0.998. The van der Waals surface area contributed by atoms with Crippen LogP contribution in [-0.2, 0) is 23.9 Å². The molecule has 0 saturated carbocycles. The number of amides is 1. The van der Waals surface area contributed by atoms with Crippen molar-refractivity contribution in [3.63, 3.8) is 0 Å². The molecule has 8 nitrogen and oxygen atoms in total. The first-order valence-corrected chi connectivity index (χ1v) is 5.01. The molecule has 0 rings (SSSR count). The van der Waals surface area contributed by atoms with Crippen molar-refractivity contribution < 1.29 is 33.8 Å². The Kier molecular flexibility index (Phi) is 10.5. The molecule has 0 saturated heterocycles. The van der Waals surface area contributed by atoms with Crippen molar-refractivity contribution >= 4 is 18.0 Å². The Balaban J connectivity index is 0. The normalized spacial score (nSPS) is 8.16. The largest absolute Gasteiger partial charge is 0.502 e. The summed E-state index contributed by atoms with van der Waals surface area (Å²) in [5.74, 6) is -2.05. The van der Waals surface area contributed by atoms with Crippen molar-refractivity contribution in [3.8, 4) is 0 Å². The fourth-order valence-electron chi connectivity index (χ4n) is 0.454. The van der Waals surface area contributed by atoms with Gasteiger partial charge in [-0.2, -0.15) is 0 Å². The summed E-state index contributed by atoms with van der Waals surface area (Å²) in [4.78, 5) is 35.4. The van der Waals surface area contributed by atoms with Crippen LogP contribution in [0.1, 0.15) is 13.8 Å². The monoisotopic (exact) mass is 275 g/mol. The third kappa shape index (κ3) is 11.7. The fourth-order valence-corrected chi connectivity index (χ4v) is 0.454. The molecule has 8 heteroatoms. The van der Waals surface area contributed by atoms with Gasteiger partial charge in [-0.3, -0.25) is 0 Å². The first-order chi connectivity index (χ1) is 8.76. The van der Waals surface area contributed by atoms with Gasteiger partial charge in [0.2, 0.25) is 0 Å². The highest BCUT2D eigenvalue weighted by atomic mass is 16.7. The van der Waals surface area contributed by atoms with E-state index in [-0.39, 0.29) is 12.2 Å². The van der Waals surface area contributed by atoms with Gasteiger partial charge in [0.05, 0.1) is 13.7 Å². The van der Waals surface area contributed by atoms with E-state index >= 15 is 0 Å². The number of aliphatic hydroxyl groups excluding tert-OH is 1. The molecule has 0 bridgehead atoms. The molecule has 0 aliphatic heterocycles. The Labute approximate surface area is 110 Å². The average molecular weight is 275 g/mol. The highest BCUT2D eigenvalue weighted by molar-refractivity contribution is 5.87. The summed E-state index contributed by atoms with van der Waals surface area (Å²) in [7, 11) is 1.17. The lowest BCUT2D eigenvalue weighted by molar-refractivity contribution is -0.144. The number of nitrogens with one attached hydrogen (secondary N) is 1. The number of methoxy groups -OCH3 is 1. The van der Waals surface area contributed by atoms with E-state index < -0.39 is 23.8 Å². The van der Waals surface area contributed by atoms with Gasteiger partial charge >= 0.3 is 18.0 Å². The maximum absolute atomic E-state index is 10.7. The average Bonchev–Trinajstić information content (AvgIpc) is 2.35. The van der Waals surface area contributed by atoms with Crippen LogP contribution < -0.4 is 5.48 Å². The minimum absolute atomic E-state index is 0.201. The van der Waals surface area contributed by atoms with Crippen LogP contribution in [0, 0.1) is 0 Å². The van der Waals surface area contributed by atoms with Crippen LogP contribution in [0.15, 0.2) is 24.5 Å². The van der Waals surface area contributed by atoms with E-state index in [1.807, 2.05) is 0 Å². The molecule has 0 aromatic carbocycles. The van der Waals surface area contributed by atoms with E-state index in [1.165, 1.54) is 14.0 Å². The second-order valence-corrected chi connectivity index (χ2v) is 2.93. The van der Waals surface area contributed by atoms with Gasteiger partial charge in [0.25, 0.3) is 0 Å². The van der Waals surface area contributed by atoms with E-state index in [4.69, 9.17) is 5.11 Å². The van der Waals surface area contributed by atoms with E-state index in [2.05, 4.69) is 27.5 Å². The van der Waals surface area contributed by atoms with Crippen LogP contribution in [0.5, 0.6) is 0 Å². The topological polar surface area (TPSA) is 111 Å². The van der Waals surface area contributed by atoms with Gasteiger partial charge in [0.15, 0.2) is 5.76 Å². The lowest BCUT2D eigenvalue weighted by atomic mass is 10.4. The number of carbonyl (C=O) groups excluding carboxylic acids is 3. The standard InChI is InChI=1S/C7H11NO4.C4H6O3/c1-4-11-7(10)8-12-6(9)5(2)3;1-3(5)4(6)7-2/h2,4H2,1,3H3,(H,8,10);5H,1H2,2H3. The van der Waals surface area contributed by atoms with E-state index in [9.17, 15) is 14.4 Å². The van der Waals surface area contributed by atoms with Gasteiger partial charge in [-0.05, 0) is 20.4 Å². The molecule has 0 aliphatic rings. The summed E-state index contributed by atoms with van der Waals surface area (Å²) in [6, 6.07) is 0. The number of hydroxylamine groups is 1. The molecule has 0 heterocycles. The Hall–Kier alpha value is -2.51. The number of ether oxygens (including phenoxy) is 2. The second-order valence-electron chi connectivity index (χ2n) is 2.93. The quantitative estimate of drug-likeness (QED) is 0.260. The van der Waals surface area contributed by atoms with Gasteiger partial charge in [0, 0.05) is 5.57 Å². The molecular formula is C11H17NO7. The van der Waals surface area contributed by atoms with E-state index in [0.717, 1.165) is 0 Å². The van der Waals surface area contributed by atoms with Crippen LogP contribution in [0.2, 0.25) is 0 Å². The van der Waals surface area contributed by atoms with Crippen LogP contribution in [0.25, 0.3) is 0 Å². The summed E-state index contributed by atoms with van der Waals surface area (Å²) in [5.41, 5.74) is 1.99. The number of hydrogen-bond acceptors (Lipinski definition) is 7. The number of aliphatic hydroxyl groups is 1. The first kappa shape index (κ1) is 18.8. The van der Waals surface area contributed by atoms with Gasteiger partial charge < -0.3 is 19.4 Å². The van der Waals surface area contributed by atoms with Crippen LogP contribution in [0.3, 0.4) is 0 Å². The minimum atomic E-state index is -0.799. The Bertz CT molecular complexity index is 362. The molecule has 19 heavy (non-hydrogen) atoms. The zero-order chi connectivity index (χ0) is 15.4. The maximum Gasteiger partial charge on any atom is 0.440 e. The summed E-state index contributed by atoms with van der Waals surface area (Å²) in [5, 5.41) is 8.15. The number of hydrogen-bond donors (Lipinski definition) is 2. The highest BCUT2D eigenvalue weighted by Crippen LogP contribution is 1.89. The van der Waals surface area contributed by atoms with Crippen molar-refractivity contribution in [2.75, 3.05) is 13.7 Å². The SMILES string of the molecule is C=C(C)C(=O)ONC(=O)OCC.C=C(O)C(=O)OC. The van der Waals surface area contributed by atoms with Gasteiger partial charge in [-0.1, -0.05) is 6.58 Å². The van der Waals surface area contributed by atoms with Gasteiger partial charge in [0.1, 0.15) is 0 Å². The van der Waals surface area contributed by atoms with Crippen molar-refractivity contribution in [3.05, 3.63) is 24.5 Å². The molecular weight excluding hydrogens is 258 g/mol. The van der Waals surface area contributed by atoms with Crippen LogP contribution >= 0.6 is 0 Å². The number of esters is 1. The summed E-state index contributed by atoms with van der Waals surface area (Å²) in [6.45, 7) is 9.54. The molecule has 0 fully saturated rings. The Morgan fingerprint density at radius 1 is 1.21 bits per heavy atom.